The van der Waals surface area contributed by atoms with Crippen LogP contribution in [0.4, 0.5) is 0 Å². The van der Waals surface area contributed by atoms with Gasteiger partial charge in [-0.1, -0.05) is 0 Å². The first-order valence-electron chi connectivity index (χ1n) is 5.81. The largest absolute Gasteiger partial charge is 0.478 e. The van der Waals surface area contributed by atoms with E-state index in [1.807, 2.05) is 0 Å². The lowest BCUT2D eigenvalue weighted by molar-refractivity contribution is 0.0696. The van der Waals surface area contributed by atoms with Crippen molar-refractivity contribution in [2.45, 2.75) is 13.5 Å². The number of aryl methyl sites for hydroxylation is 1. The number of pyridine rings is 1. The zero-order chi connectivity index (χ0) is 14.5. The molecule has 0 bridgehead atoms. The van der Waals surface area contributed by atoms with Gasteiger partial charge in [0.1, 0.15) is 5.69 Å². The minimum atomic E-state index is -1.04. The Morgan fingerprint density at radius 3 is 2.70 bits per heavy atom. The van der Waals surface area contributed by atoms with Crippen LogP contribution in [0.1, 0.15) is 32.2 Å². The minimum absolute atomic E-state index is 0.121. The van der Waals surface area contributed by atoms with Crippen LogP contribution >= 0.6 is 0 Å². The molecule has 7 nitrogen and oxygen atoms in total. The number of carboxylic acid groups (broad SMARTS) is 1. The van der Waals surface area contributed by atoms with E-state index in [0.717, 1.165) is 5.69 Å². The van der Waals surface area contributed by atoms with Crippen LogP contribution in [-0.2, 0) is 6.54 Å². The smallest absolute Gasteiger partial charge is 0.335 e. The minimum Gasteiger partial charge on any atom is -0.478 e. The van der Waals surface area contributed by atoms with Crippen LogP contribution in [0.25, 0.3) is 0 Å². The van der Waals surface area contributed by atoms with E-state index in [1.54, 1.807) is 6.92 Å². The fourth-order valence-corrected chi connectivity index (χ4v) is 1.48. The van der Waals surface area contributed by atoms with Gasteiger partial charge >= 0.3 is 5.97 Å². The van der Waals surface area contributed by atoms with Gasteiger partial charge in [0.05, 0.1) is 29.7 Å². The van der Waals surface area contributed by atoms with Crippen molar-refractivity contribution in [1.29, 1.82) is 0 Å². The number of amides is 1. The Morgan fingerprint density at radius 2 is 2.05 bits per heavy atom. The molecular weight excluding hydrogens is 260 g/mol. The Morgan fingerprint density at radius 1 is 1.25 bits per heavy atom. The summed E-state index contributed by atoms with van der Waals surface area (Å²) < 4.78 is 0. The second-order valence-electron chi connectivity index (χ2n) is 4.07. The van der Waals surface area contributed by atoms with Crippen LogP contribution in [-0.4, -0.2) is 31.9 Å². The summed E-state index contributed by atoms with van der Waals surface area (Å²) in [6.07, 6.45) is 4.26. The highest BCUT2D eigenvalue weighted by molar-refractivity contribution is 5.92. The summed E-state index contributed by atoms with van der Waals surface area (Å²) in [5.74, 6) is -1.43. The molecule has 2 heterocycles. The number of nitrogens with one attached hydrogen (secondary N) is 1. The lowest BCUT2D eigenvalue weighted by atomic mass is 10.2. The predicted octanol–water partition coefficient (Wildman–Crippen LogP) is 0.808. The summed E-state index contributed by atoms with van der Waals surface area (Å²) >= 11 is 0. The highest BCUT2D eigenvalue weighted by Crippen LogP contribution is 2.02. The number of carboxylic acids is 1. The Bertz CT molecular complexity index is 640. The van der Waals surface area contributed by atoms with E-state index >= 15 is 0 Å². The van der Waals surface area contributed by atoms with E-state index in [-0.39, 0.29) is 23.7 Å². The third kappa shape index (κ3) is 3.35. The number of rotatable bonds is 4. The molecule has 0 radical (unpaired) electrons. The molecule has 1 amide bonds. The molecule has 0 aliphatic rings. The monoisotopic (exact) mass is 272 g/mol. The van der Waals surface area contributed by atoms with Crippen LogP contribution in [0.15, 0.2) is 30.7 Å². The zero-order valence-electron chi connectivity index (χ0n) is 10.7. The number of carbonyl (C=O) groups excluding carboxylic acids is 1. The average Bonchev–Trinajstić information content (AvgIpc) is 2.46. The lowest BCUT2D eigenvalue weighted by Gasteiger charge is -2.05. The third-order valence-electron chi connectivity index (χ3n) is 2.51. The van der Waals surface area contributed by atoms with Gasteiger partial charge in [-0.3, -0.25) is 14.8 Å². The molecule has 2 aromatic heterocycles. The van der Waals surface area contributed by atoms with Crippen LogP contribution in [0, 0.1) is 6.92 Å². The van der Waals surface area contributed by atoms with Crippen molar-refractivity contribution in [1.82, 2.24) is 20.3 Å². The van der Waals surface area contributed by atoms with Gasteiger partial charge in [0.2, 0.25) is 0 Å². The van der Waals surface area contributed by atoms with Crippen LogP contribution in [0.5, 0.6) is 0 Å². The number of aromatic carboxylic acids is 1. The predicted molar refractivity (Wildman–Crippen MR) is 69.1 cm³/mol. The molecule has 0 atom stereocenters. The molecule has 0 saturated heterocycles. The first-order valence-corrected chi connectivity index (χ1v) is 5.81. The van der Waals surface area contributed by atoms with Crippen molar-refractivity contribution in [2.75, 3.05) is 0 Å². The summed E-state index contributed by atoms with van der Waals surface area (Å²) in [5, 5.41) is 11.5. The molecule has 7 heteroatoms. The summed E-state index contributed by atoms with van der Waals surface area (Å²) in [5.41, 5.74) is 1.50. The molecule has 0 aromatic carbocycles. The molecule has 102 valence electrons. The van der Waals surface area contributed by atoms with Crippen molar-refractivity contribution >= 4 is 11.9 Å². The first kappa shape index (κ1) is 13.6. The molecule has 0 unspecified atom stereocenters. The van der Waals surface area contributed by atoms with Gasteiger partial charge < -0.3 is 10.4 Å². The highest BCUT2D eigenvalue weighted by Gasteiger charge is 2.09. The van der Waals surface area contributed by atoms with Crippen LogP contribution in [0.2, 0.25) is 0 Å². The van der Waals surface area contributed by atoms with Crippen LogP contribution < -0.4 is 5.32 Å². The van der Waals surface area contributed by atoms with Crippen molar-refractivity contribution in [3.63, 3.8) is 0 Å². The summed E-state index contributed by atoms with van der Waals surface area (Å²) in [7, 11) is 0. The molecule has 0 fully saturated rings. The average molecular weight is 272 g/mol. The van der Waals surface area contributed by atoms with Crippen molar-refractivity contribution in [3.8, 4) is 0 Å². The number of hydrogen-bond acceptors (Lipinski definition) is 5. The number of hydrogen-bond donors (Lipinski definition) is 2. The van der Waals surface area contributed by atoms with E-state index in [2.05, 4.69) is 20.3 Å². The molecule has 2 rings (SSSR count). The van der Waals surface area contributed by atoms with E-state index in [9.17, 15) is 9.59 Å². The van der Waals surface area contributed by atoms with Gasteiger partial charge in [-0.25, -0.2) is 9.78 Å². The maximum atomic E-state index is 11.8. The molecule has 0 saturated carbocycles. The molecular formula is C13H12N4O3. The maximum absolute atomic E-state index is 11.8. The quantitative estimate of drug-likeness (QED) is 0.853. The Kier molecular flexibility index (Phi) is 3.99. The summed E-state index contributed by atoms with van der Waals surface area (Å²) in [4.78, 5) is 34.5. The van der Waals surface area contributed by atoms with E-state index in [4.69, 9.17) is 5.11 Å². The Balaban J connectivity index is 2.01. The van der Waals surface area contributed by atoms with Crippen LogP contribution in [0.3, 0.4) is 0 Å². The van der Waals surface area contributed by atoms with Gasteiger partial charge in [-0.2, -0.15) is 0 Å². The summed E-state index contributed by atoms with van der Waals surface area (Å²) in [6, 6.07) is 2.79. The molecule has 0 aliphatic carbocycles. The van der Waals surface area contributed by atoms with Gasteiger partial charge in [-0.05, 0) is 19.1 Å². The van der Waals surface area contributed by atoms with Gasteiger partial charge in [-0.15, -0.1) is 0 Å². The number of carbonyl (C=O) groups is 2. The fourth-order valence-electron chi connectivity index (χ4n) is 1.48. The molecule has 0 spiro atoms. The van der Waals surface area contributed by atoms with Crippen molar-refractivity contribution in [2.24, 2.45) is 0 Å². The third-order valence-corrected chi connectivity index (χ3v) is 2.51. The molecule has 2 aromatic rings. The summed E-state index contributed by atoms with van der Waals surface area (Å²) in [6.45, 7) is 1.89. The topological polar surface area (TPSA) is 105 Å². The van der Waals surface area contributed by atoms with E-state index in [1.165, 1.54) is 30.7 Å². The Labute approximate surface area is 114 Å². The van der Waals surface area contributed by atoms with Gasteiger partial charge in [0, 0.05) is 12.4 Å². The molecule has 2 N–H and O–H groups in total. The standard InChI is InChI=1S/C13H12N4O3/c1-8-5-16-11(7-15-8)12(18)17-6-10-4-9(13(19)20)2-3-14-10/h2-5,7H,6H2,1H3,(H,17,18)(H,19,20). The number of aromatic nitrogens is 3. The normalized spacial score (nSPS) is 10.1. The van der Waals surface area contributed by atoms with Crippen molar-refractivity contribution in [3.05, 3.63) is 53.4 Å². The lowest BCUT2D eigenvalue weighted by Crippen LogP contribution is -2.24. The fraction of sp³-hybridized carbons (Fsp3) is 0.154. The number of nitrogens with zero attached hydrogens (tertiary/aromatic N) is 3. The molecule has 0 aliphatic heterocycles. The van der Waals surface area contributed by atoms with Crippen molar-refractivity contribution < 1.29 is 14.7 Å². The SMILES string of the molecule is Cc1cnc(C(=O)NCc2cc(C(=O)O)ccn2)cn1. The van der Waals surface area contributed by atoms with Gasteiger partial charge in [0.25, 0.3) is 5.91 Å². The second-order valence-corrected chi connectivity index (χ2v) is 4.07. The Hall–Kier alpha value is -2.83. The highest BCUT2D eigenvalue weighted by atomic mass is 16.4. The van der Waals surface area contributed by atoms with E-state index < -0.39 is 5.97 Å². The van der Waals surface area contributed by atoms with E-state index in [0.29, 0.717) is 5.69 Å². The first-order chi connectivity index (χ1) is 9.56. The second kappa shape index (κ2) is 5.87. The maximum Gasteiger partial charge on any atom is 0.335 e. The van der Waals surface area contributed by atoms with Gasteiger partial charge in [0.15, 0.2) is 0 Å². The molecule has 20 heavy (non-hydrogen) atoms. The zero-order valence-corrected chi connectivity index (χ0v) is 10.7.